The Labute approximate surface area is 191 Å². The van der Waals surface area contributed by atoms with E-state index in [9.17, 15) is 9.90 Å². The van der Waals surface area contributed by atoms with Gasteiger partial charge in [0.1, 0.15) is 11.6 Å². The molecule has 1 heterocycles. The van der Waals surface area contributed by atoms with Crippen molar-refractivity contribution in [1.29, 1.82) is 0 Å². The zero-order chi connectivity index (χ0) is 22.8. The average Bonchev–Trinajstić information content (AvgIpc) is 3.09. The molecule has 0 aliphatic carbocycles. The molecule has 2 N–H and O–H groups in total. The summed E-state index contributed by atoms with van der Waals surface area (Å²) in [5, 5.41) is 18.5. The maximum Gasteiger partial charge on any atom is 0.337 e. The lowest BCUT2D eigenvalue weighted by Crippen LogP contribution is -2.08. The Morgan fingerprint density at radius 3 is 2.53 bits per heavy atom. The number of carbonyl (C=O) groups is 1. The summed E-state index contributed by atoms with van der Waals surface area (Å²) in [4.78, 5) is 12.0. The van der Waals surface area contributed by atoms with Gasteiger partial charge in [-0.15, -0.1) is 0 Å². The first-order valence-corrected chi connectivity index (χ1v) is 10.4. The van der Waals surface area contributed by atoms with Crippen LogP contribution >= 0.6 is 11.6 Å². The van der Waals surface area contributed by atoms with E-state index in [1.54, 1.807) is 16.8 Å². The maximum absolute atomic E-state index is 12.0. The maximum atomic E-state index is 12.0. The number of anilines is 2. The number of carboxylic acids is 1. The van der Waals surface area contributed by atoms with Crippen molar-refractivity contribution >= 4 is 29.1 Å². The van der Waals surface area contributed by atoms with Gasteiger partial charge < -0.3 is 15.2 Å². The molecule has 162 valence electrons. The lowest BCUT2D eigenvalue weighted by Gasteiger charge is -2.16. The number of para-hydroxylation sites is 1. The highest BCUT2D eigenvalue weighted by molar-refractivity contribution is 6.30. The van der Waals surface area contributed by atoms with E-state index in [0.29, 0.717) is 22.3 Å². The molecule has 32 heavy (non-hydrogen) atoms. The van der Waals surface area contributed by atoms with Gasteiger partial charge in [0.15, 0.2) is 0 Å². The minimum Gasteiger partial charge on any atom is -0.497 e. The van der Waals surface area contributed by atoms with E-state index in [0.717, 1.165) is 28.1 Å². The van der Waals surface area contributed by atoms with Gasteiger partial charge >= 0.3 is 5.97 Å². The highest BCUT2D eigenvalue weighted by Gasteiger charge is 2.22. The third-order valence-corrected chi connectivity index (χ3v) is 5.46. The van der Waals surface area contributed by atoms with Gasteiger partial charge in [-0.1, -0.05) is 41.9 Å². The predicted molar refractivity (Wildman–Crippen MR) is 127 cm³/mol. The standard InChI is InChI=1S/C25H22ClN3O3/c1-15-7-4-5-10-22(15)29-24(23(16(2)28-29)17-8-6-9-18(26)13-17)27-21-12-11-19(32-3)14-20(21)25(30)31/h4-14,27H,1-3H3,(H,30,31). The van der Waals surface area contributed by atoms with Crippen LogP contribution in [-0.4, -0.2) is 28.0 Å². The van der Waals surface area contributed by atoms with Crippen LogP contribution < -0.4 is 10.1 Å². The predicted octanol–water partition coefficient (Wildman–Crippen LogP) is 6.26. The average molecular weight is 448 g/mol. The lowest BCUT2D eigenvalue weighted by atomic mass is 10.1. The summed E-state index contributed by atoms with van der Waals surface area (Å²) in [5.74, 6) is 0.0488. The van der Waals surface area contributed by atoms with Crippen LogP contribution in [0, 0.1) is 13.8 Å². The van der Waals surface area contributed by atoms with E-state index in [4.69, 9.17) is 21.4 Å². The molecule has 0 spiro atoms. The zero-order valence-corrected chi connectivity index (χ0v) is 18.6. The number of rotatable bonds is 6. The molecule has 7 heteroatoms. The minimum absolute atomic E-state index is 0.0941. The lowest BCUT2D eigenvalue weighted by molar-refractivity contribution is 0.0697. The van der Waals surface area contributed by atoms with Crippen molar-refractivity contribution in [3.8, 4) is 22.6 Å². The molecule has 0 fully saturated rings. The largest absolute Gasteiger partial charge is 0.497 e. The number of hydrogen-bond donors (Lipinski definition) is 2. The van der Waals surface area contributed by atoms with Crippen LogP contribution in [0.5, 0.6) is 5.75 Å². The number of aromatic nitrogens is 2. The topological polar surface area (TPSA) is 76.4 Å². The number of nitrogens with zero attached hydrogens (tertiary/aromatic N) is 2. The van der Waals surface area contributed by atoms with Crippen molar-refractivity contribution in [3.05, 3.63) is 88.6 Å². The molecule has 0 bridgehead atoms. The first kappa shape index (κ1) is 21.5. The van der Waals surface area contributed by atoms with Crippen molar-refractivity contribution in [2.45, 2.75) is 13.8 Å². The number of nitrogens with one attached hydrogen (secondary N) is 1. The number of hydrogen-bond acceptors (Lipinski definition) is 4. The van der Waals surface area contributed by atoms with Gasteiger partial charge in [0, 0.05) is 10.6 Å². The number of aryl methyl sites for hydroxylation is 2. The molecule has 0 aliphatic rings. The number of methoxy groups -OCH3 is 1. The van der Waals surface area contributed by atoms with E-state index in [-0.39, 0.29) is 5.56 Å². The van der Waals surface area contributed by atoms with E-state index in [1.165, 1.54) is 13.2 Å². The first-order valence-electron chi connectivity index (χ1n) is 9.99. The Hall–Kier alpha value is -3.77. The van der Waals surface area contributed by atoms with Crippen LogP contribution in [0.4, 0.5) is 11.5 Å². The smallest absolute Gasteiger partial charge is 0.337 e. The number of benzene rings is 3. The Balaban J connectivity index is 1.96. The van der Waals surface area contributed by atoms with Gasteiger partial charge in [-0.05, 0) is 61.4 Å². The molecule has 0 saturated carbocycles. The second-order valence-electron chi connectivity index (χ2n) is 7.36. The normalized spacial score (nSPS) is 10.8. The molecule has 3 aromatic carbocycles. The Bertz CT molecular complexity index is 1310. The van der Waals surface area contributed by atoms with Gasteiger partial charge in [0.2, 0.25) is 0 Å². The van der Waals surface area contributed by atoms with Crippen molar-refractivity contribution in [2.75, 3.05) is 12.4 Å². The molecule has 4 aromatic rings. The van der Waals surface area contributed by atoms with Gasteiger partial charge in [-0.2, -0.15) is 5.10 Å². The van der Waals surface area contributed by atoms with E-state index in [1.807, 2.05) is 62.4 Å². The van der Waals surface area contributed by atoms with Crippen LogP contribution in [0.15, 0.2) is 66.7 Å². The number of ether oxygens (including phenoxy) is 1. The van der Waals surface area contributed by atoms with Crippen LogP contribution in [-0.2, 0) is 0 Å². The number of halogens is 1. The Morgan fingerprint density at radius 1 is 1.06 bits per heavy atom. The fraction of sp³-hybridized carbons (Fsp3) is 0.120. The monoisotopic (exact) mass is 447 g/mol. The van der Waals surface area contributed by atoms with Crippen molar-refractivity contribution in [1.82, 2.24) is 9.78 Å². The molecule has 0 amide bonds. The molecule has 0 radical (unpaired) electrons. The van der Waals surface area contributed by atoms with Crippen molar-refractivity contribution in [3.63, 3.8) is 0 Å². The molecule has 1 aromatic heterocycles. The van der Waals surface area contributed by atoms with E-state index >= 15 is 0 Å². The van der Waals surface area contributed by atoms with Crippen molar-refractivity contribution < 1.29 is 14.6 Å². The van der Waals surface area contributed by atoms with Crippen molar-refractivity contribution in [2.24, 2.45) is 0 Å². The summed E-state index contributed by atoms with van der Waals surface area (Å²) in [6.45, 7) is 3.92. The summed E-state index contributed by atoms with van der Waals surface area (Å²) in [6.07, 6.45) is 0. The number of aromatic carboxylic acids is 1. The molecule has 0 atom stereocenters. The second-order valence-corrected chi connectivity index (χ2v) is 7.80. The van der Waals surface area contributed by atoms with Gasteiger partial charge in [0.05, 0.1) is 29.7 Å². The summed E-state index contributed by atoms with van der Waals surface area (Å²) in [7, 11) is 1.50. The third-order valence-electron chi connectivity index (χ3n) is 5.23. The molecule has 4 rings (SSSR count). The van der Waals surface area contributed by atoms with Crippen LogP contribution in [0.25, 0.3) is 16.8 Å². The van der Waals surface area contributed by atoms with Gasteiger partial charge in [-0.3, -0.25) is 0 Å². The zero-order valence-electron chi connectivity index (χ0n) is 17.9. The van der Waals surface area contributed by atoms with Crippen LogP contribution in [0.2, 0.25) is 5.02 Å². The van der Waals surface area contributed by atoms with E-state index < -0.39 is 5.97 Å². The summed E-state index contributed by atoms with van der Waals surface area (Å²) in [5.41, 5.74) is 4.93. The fourth-order valence-corrected chi connectivity index (χ4v) is 3.86. The fourth-order valence-electron chi connectivity index (χ4n) is 3.67. The third kappa shape index (κ3) is 4.05. The molecular weight excluding hydrogens is 426 g/mol. The molecular formula is C25H22ClN3O3. The summed E-state index contributed by atoms with van der Waals surface area (Å²) in [6, 6.07) is 20.3. The van der Waals surface area contributed by atoms with Crippen LogP contribution in [0.3, 0.4) is 0 Å². The highest BCUT2D eigenvalue weighted by atomic mass is 35.5. The Morgan fingerprint density at radius 2 is 1.84 bits per heavy atom. The molecule has 0 unspecified atom stereocenters. The Kier molecular flexibility index (Phi) is 5.88. The molecule has 0 aliphatic heterocycles. The molecule has 6 nitrogen and oxygen atoms in total. The molecule has 0 saturated heterocycles. The summed E-state index contributed by atoms with van der Waals surface area (Å²) < 4.78 is 7.01. The SMILES string of the molecule is COc1ccc(Nc2c(-c3cccc(Cl)c3)c(C)nn2-c2ccccc2C)c(C(=O)O)c1. The number of carboxylic acid groups (broad SMARTS) is 1. The van der Waals surface area contributed by atoms with E-state index in [2.05, 4.69) is 5.32 Å². The second kappa shape index (κ2) is 8.77. The minimum atomic E-state index is -1.06. The quantitative estimate of drug-likeness (QED) is 0.365. The van der Waals surface area contributed by atoms with Crippen LogP contribution in [0.1, 0.15) is 21.6 Å². The summed E-state index contributed by atoms with van der Waals surface area (Å²) >= 11 is 6.27. The van der Waals surface area contributed by atoms with Gasteiger partial charge in [0.25, 0.3) is 0 Å². The van der Waals surface area contributed by atoms with Gasteiger partial charge in [-0.25, -0.2) is 9.48 Å². The highest BCUT2D eigenvalue weighted by Crippen LogP contribution is 2.38. The first-order chi connectivity index (χ1) is 15.4.